The third-order valence-electron chi connectivity index (χ3n) is 4.99. The molecule has 1 N–H and O–H groups in total. The summed E-state index contributed by atoms with van der Waals surface area (Å²) in [4.78, 5) is 24.8. The summed E-state index contributed by atoms with van der Waals surface area (Å²) >= 11 is 2.29. The summed E-state index contributed by atoms with van der Waals surface area (Å²) in [6, 6.07) is 10.3. The number of amides is 1. The van der Waals surface area contributed by atoms with Crippen LogP contribution in [-0.4, -0.2) is 58.9 Å². The van der Waals surface area contributed by atoms with E-state index in [1.54, 1.807) is 6.20 Å². The predicted octanol–water partition coefficient (Wildman–Crippen LogP) is 3.15. The van der Waals surface area contributed by atoms with Gasteiger partial charge < -0.3 is 14.8 Å². The molecule has 0 saturated carbocycles. The molecule has 0 atom stereocenters. The number of para-hydroxylation sites is 1. The maximum absolute atomic E-state index is 12.7. The van der Waals surface area contributed by atoms with Crippen molar-refractivity contribution in [2.75, 3.05) is 33.2 Å². The normalized spacial score (nSPS) is 15.5. The van der Waals surface area contributed by atoms with Gasteiger partial charge in [0.25, 0.3) is 5.91 Å². The molecule has 3 aromatic rings. The number of nitrogens with one attached hydrogen (secondary N) is 1. The van der Waals surface area contributed by atoms with E-state index in [2.05, 4.69) is 62.7 Å². The van der Waals surface area contributed by atoms with Crippen molar-refractivity contribution in [1.29, 1.82) is 0 Å². The Kier molecular flexibility index (Phi) is 4.95. The van der Waals surface area contributed by atoms with Crippen molar-refractivity contribution in [2.45, 2.75) is 6.42 Å². The third-order valence-corrected chi connectivity index (χ3v) is 5.92. The van der Waals surface area contributed by atoms with Gasteiger partial charge in [0.15, 0.2) is 0 Å². The highest BCUT2D eigenvalue weighted by molar-refractivity contribution is 14.1. The standard InChI is InChI=1S/C20H21IN4O/c1-24-6-8-25(9-7-24)20(26)15-10-17(21)19(23-13-15)11-14-12-22-18-5-3-2-4-16(14)18/h2-5,10,12-13,22H,6-9,11H2,1H3. The van der Waals surface area contributed by atoms with E-state index >= 15 is 0 Å². The number of piperazine rings is 1. The molecule has 0 unspecified atom stereocenters. The van der Waals surface area contributed by atoms with Gasteiger partial charge in [0, 0.05) is 59.5 Å². The summed E-state index contributed by atoms with van der Waals surface area (Å²) in [7, 11) is 2.09. The van der Waals surface area contributed by atoms with Gasteiger partial charge in [-0.3, -0.25) is 9.78 Å². The van der Waals surface area contributed by atoms with E-state index in [1.165, 1.54) is 10.9 Å². The van der Waals surface area contributed by atoms with Crippen LogP contribution in [0.15, 0.2) is 42.7 Å². The Morgan fingerprint density at radius 1 is 1.23 bits per heavy atom. The molecule has 26 heavy (non-hydrogen) atoms. The van der Waals surface area contributed by atoms with Gasteiger partial charge in [0.2, 0.25) is 0 Å². The number of likely N-dealkylation sites (N-methyl/N-ethyl adjacent to an activating group) is 1. The number of H-pyrrole nitrogens is 1. The fraction of sp³-hybridized carbons (Fsp3) is 0.300. The number of carbonyl (C=O) groups excluding carboxylic acids is 1. The lowest BCUT2D eigenvalue weighted by molar-refractivity contribution is 0.0663. The number of benzene rings is 1. The number of halogens is 1. The molecule has 1 amide bonds. The van der Waals surface area contributed by atoms with Crippen LogP contribution in [0.3, 0.4) is 0 Å². The molecular formula is C20H21IN4O. The van der Waals surface area contributed by atoms with Gasteiger partial charge in [-0.25, -0.2) is 0 Å². The van der Waals surface area contributed by atoms with Gasteiger partial charge in [0.1, 0.15) is 0 Å². The first-order chi connectivity index (χ1) is 12.6. The zero-order valence-corrected chi connectivity index (χ0v) is 16.9. The molecule has 1 fully saturated rings. The first kappa shape index (κ1) is 17.5. The summed E-state index contributed by atoms with van der Waals surface area (Å²) in [5.41, 5.74) is 4.05. The Balaban J connectivity index is 1.53. The van der Waals surface area contributed by atoms with Gasteiger partial charge in [-0.1, -0.05) is 18.2 Å². The second-order valence-corrected chi connectivity index (χ2v) is 7.95. The number of rotatable bonds is 3. The third kappa shape index (κ3) is 3.48. The van der Waals surface area contributed by atoms with Crippen molar-refractivity contribution in [2.24, 2.45) is 0 Å². The minimum absolute atomic E-state index is 0.0853. The number of nitrogens with zero attached hydrogens (tertiary/aromatic N) is 3. The minimum Gasteiger partial charge on any atom is -0.361 e. The number of pyridine rings is 1. The SMILES string of the molecule is CN1CCN(C(=O)c2cnc(Cc3c[nH]c4ccccc34)c(I)c2)CC1. The van der Waals surface area contributed by atoms with Crippen molar-refractivity contribution in [3.63, 3.8) is 0 Å². The zero-order chi connectivity index (χ0) is 18.1. The molecule has 6 heteroatoms. The molecule has 2 aromatic heterocycles. The molecule has 134 valence electrons. The van der Waals surface area contributed by atoms with Crippen LogP contribution in [0.2, 0.25) is 0 Å². The van der Waals surface area contributed by atoms with Crippen LogP contribution in [0.25, 0.3) is 10.9 Å². The van der Waals surface area contributed by atoms with Gasteiger partial charge in [-0.2, -0.15) is 0 Å². The molecule has 0 bridgehead atoms. The first-order valence-corrected chi connectivity index (χ1v) is 9.87. The molecule has 0 aliphatic carbocycles. The Morgan fingerprint density at radius 3 is 2.77 bits per heavy atom. The number of fused-ring (bicyclic) bond motifs is 1. The Bertz CT molecular complexity index is 944. The second kappa shape index (κ2) is 7.36. The molecule has 1 aromatic carbocycles. The molecule has 5 nitrogen and oxygen atoms in total. The summed E-state index contributed by atoms with van der Waals surface area (Å²) in [5, 5.41) is 1.22. The van der Waals surface area contributed by atoms with Crippen LogP contribution in [-0.2, 0) is 6.42 Å². The van der Waals surface area contributed by atoms with Crippen LogP contribution < -0.4 is 0 Å². The van der Waals surface area contributed by atoms with Crippen molar-refractivity contribution in [3.05, 3.63) is 63.1 Å². The van der Waals surface area contributed by atoms with Crippen LogP contribution >= 0.6 is 22.6 Å². The van der Waals surface area contributed by atoms with Crippen LogP contribution in [0.1, 0.15) is 21.6 Å². The number of aromatic amines is 1. The average Bonchev–Trinajstić information content (AvgIpc) is 3.06. The Labute approximate surface area is 166 Å². The maximum atomic E-state index is 12.7. The lowest BCUT2D eigenvalue weighted by Crippen LogP contribution is -2.47. The van der Waals surface area contributed by atoms with Gasteiger partial charge in [-0.15, -0.1) is 0 Å². The van der Waals surface area contributed by atoms with E-state index < -0.39 is 0 Å². The smallest absolute Gasteiger partial charge is 0.255 e. The van der Waals surface area contributed by atoms with Crippen LogP contribution in [0.4, 0.5) is 0 Å². The molecule has 3 heterocycles. The van der Waals surface area contributed by atoms with E-state index in [0.29, 0.717) is 5.56 Å². The predicted molar refractivity (Wildman–Crippen MR) is 111 cm³/mol. The minimum atomic E-state index is 0.0853. The van der Waals surface area contributed by atoms with Gasteiger partial charge >= 0.3 is 0 Å². The van der Waals surface area contributed by atoms with E-state index in [4.69, 9.17) is 0 Å². The highest BCUT2D eigenvalue weighted by Gasteiger charge is 2.21. The van der Waals surface area contributed by atoms with Crippen molar-refractivity contribution < 1.29 is 4.79 Å². The van der Waals surface area contributed by atoms with Crippen LogP contribution in [0.5, 0.6) is 0 Å². The number of hydrogen-bond donors (Lipinski definition) is 1. The number of carbonyl (C=O) groups is 1. The second-order valence-electron chi connectivity index (χ2n) is 6.78. The lowest BCUT2D eigenvalue weighted by atomic mass is 10.1. The van der Waals surface area contributed by atoms with Crippen LogP contribution in [0, 0.1) is 3.57 Å². The van der Waals surface area contributed by atoms with Gasteiger partial charge in [0.05, 0.1) is 11.3 Å². The largest absolute Gasteiger partial charge is 0.361 e. The van der Waals surface area contributed by atoms with Crippen molar-refractivity contribution >= 4 is 39.4 Å². The summed E-state index contributed by atoms with van der Waals surface area (Å²) in [6.45, 7) is 3.41. The molecule has 1 aliphatic heterocycles. The first-order valence-electron chi connectivity index (χ1n) is 8.79. The number of aromatic nitrogens is 2. The Morgan fingerprint density at radius 2 is 2.00 bits per heavy atom. The average molecular weight is 460 g/mol. The van der Waals surface area contributed by atoms with E-state index in [1.807, 2.05) is 23.2 Å². The molecule has 4 rings (SSSR count). The van der Waals surface area contributed by atoms with Crippen molar-refractivity contribution in [3.8, 4) is 0 Å². The monoisotopic (exact) mass is 460 g/mol. The molecule has 0 radical (unpaired) electrons. The summed E-state index contributed by atoms with van der Waals surface area (Å²) in [6.07, 6.45) is 4.53. The highest BCUT2D eigenvalue weighted by Crippen LogP contribution is 2.23. The number of hydrogen-bond acceptors (Lipinski definition) is 3. The van der Waals surface area contributed by atoms with E-state index in [-0.39, 0.29) is 5.91 Å². The molecule has 0 spiro atoms. The Hall–Kier alpha value is -1.93. The highest BCUT2D eigenvalue weighted by atomic mass is 127. The quantitative estimate of drug-likeness (QED) is 0.612. The maximum Gasteiger partial charge on any atom is 0.255 e. The van der Waals surface area contributed by atoms with Gasteiger partial charge in [-0.05, 0) is 47.3 Å². The fourth-order valence-electron chi connectivity index (χ4n) is 3.36. The molecule has 1 aliphatic rings. The zero-order valence-electron chi connectivity index (χ0n) is 14.7. The molecule has 1 saturated heterocycles. The fourth-order valence-corrected chi connectivity index (χ4v) is 4.03. The van der Waals surface area contributed by atoms with E-state index in [9.17, 15) is 4.79 Å². The summed E-state index contributed by atoms with van der Waals surface area (Å²) in [5.74, 6) is 0.0853. The topological polar surface area (TPSA) is 52.2 Å². The molecular weight excluding hydrogens is 439 g/mol. The lowest BCUT2D eigenvalue weighted by Gasteiger charge is -2.32. The van der Waals surface area contributed by atoms with E-state index in [0.717, 1.165) is 47.4 Å². The van der Waals surface area contributed by atoms with Crippen molar-refractivity contribution in [1.82, 2.24) is 19.8 Å². The summed E-state index contributed by atoms with van der Waals surface area (Å²) < 4.78 is 1.04.